The Balaban J connectivity index is 1.77. The molecule has 2 aromatic rings. The van der Waals surface area contributed by atoms with Gasteiger partial charge in [-0.2, -0.15) is 5.48 Å². The zero-order valence-corrected chi connectivity index (χ0v) is 11.9. The van der Waals surface area contributed by atoms with E-state index in [2.05, 4.69) is 46.5 Å². The van der Waals surface area contributed by atoms with E-state index in [1.54, 1.807) is 0 Å². The molecule has 18 heavy (non-hydrogen) atoms. The monoisotopic (exact) mass is 305 g/mol. The lowest BCUT2D eigenvalue weighted by Gasteiger charge is -2.07. The van der Waals surface area contributed by atoms with E-state index >= 15 is 0 Å². The Hall–Kier alpha value is -1.16. The fraction of sp³-hybridized carbons (Fsp3) is 0.200. The van der Waals surface area contributed by atoms with E-state index in [4.69, 9.17) is 4.84 Å². The largest absolute Gasteiger partial charge is 0.297 e. The van der Waals surface area contributed by atoms with Crippen LogP contribution in [0.15, 0.2) is 53.0 Å². The fourth-order valence-electron chi connectivity index (χ4n) is 1.59. The van der Waals surface area contributed by atoms with E-state index < -0.39 is 0 Å². The van der Waals surface area contributed by atoms with Gasteiger partial charge < -0.3 is 0 Å². The van der Waals surface area contributed by atoms with Crippen molar-refractivity contribution in [2.24, 2.45) is 0 Å². The lowest BCUT2D eigenvalue weighted by Crippen LogP contribution is -2.13. The lowest BCUT2D eigenvalue weighted by molar-refractivity contribution is 0.0235. The highest BCUT2D eigenvalue weighted by molar-refractivity contribution is 9.10. The number of benzene rings is 2. The van der Waals surface area contributed by atoms with Crippen LogP contribution in [-0.4, -0.2) is 0 Å². The van der Waals surface area contributed by atoms with Crippen LogP contribution in [0.3, 0.4) is 0 Å². The molecular formula is C15H16BrNO. The number of nitrogens with one attached hydrogen (secondary N) is 1. The Labute approximate surface area is 116 Å². The molecule has 0 aromatic heterocycles. The Morgan fingerprint density at radius 3 is 2.56 bits per heavy atom. The van der Waals surface area contributed by atoms with Crippen LogP contribution in [0.5, 0.6) is 0 Å². The van der Waals surface area contributed by atoms with Crippen LogP contribution in [0.2, 0.25) is 0 Å². The summed E-state index contributed by atoms with van der Waals surface area (Å²) in [7, 11) is 0. The zero-order chi connectivity index (χ0) is 12.8. The molecule has 0 bridgehead atoms. The van der Waals surface area contributed by atoms with Crippen molar-refractivity contribution in [3.63, 3.8) is 0 Å². The van der Waals surface area contributed by atoms with Crippen LogP contribution in [0.1, 0.15) is 16.7 Å². The second-order valence-electron chi connectivity index (χ2n) is 4.18. The van der Waals surface area contributed by atoms with Crippen molar-refractivity contribution in [2.45, 2.75) is 20.1 Å². The van der Waals surface area contributed by atoms with Gasteiger partial charge in [0.2, 0.25) is 0 Å². The predicted molar refractivity (Wildman–Crippen MR) is 76.9 cm³/mol. The molecule has 3 heteroatoms. The predicted octanol–water partition coefficient (Wildman–Crippen LogP) is 3.98. The summed E-state index contributed by atoms with van der Waals surface area (Å²) >= 11 is 3.52. The molecule has 2 aromatic carbocycles. The highest BCUT2D eigenvalue weighted by Gasteiger charge is 1.97. The third-order valence-corrected chi connectivity index (χ3v) is 3.55. The molecule has 0 saturated heterocycles. The second-order valence-corrected chi connectivity index (χ2v) is 5.03. The summed E-state index contributed by atoms with van der Waals surface area (Å²) in [4.78, 5) is 5.43. The van der Waals surface area contributed by atoms with Gasteiger partial charge in [0.25, 0.3) is 0 Å². The number of hydrogen-bond acceptors (Lipinski definition) is 2. The van der Waals surface area contributed by atoms with Crippen LogP contribution in [0.25, 0.3) is 0 Å². The normalized spacial score (nSPS) is 10.6. The van der Waals surface area contributed by atoms with Gasteiger partial charge in [0.15, 0.2) is 0 Å². The van der Waals surface area contributed by atoms with Gasteiger partial charge in [0.05, 0.1) is 6.61 Å². The molecule has 0 heterocycles. The molecule has 0 unspecified atom stereocenters. The molecule has 94 valence electrons. The number of hydroxylamine groups is 1. The molecule has 0 saturated carbocycles. The van der Waals surface area contributed by atoms with Crippen LogP contribution in [-0.2, 0) is 18.0 Å². The first-order chi connectivity index (χ1) is 8.75. The summed E-state index contributed by atoms with van der Waals surface area (Å²) in [5.41, 5.74) is 6.57. The van der Waals surface area contributed by atoms with E-state index in [1.165, 1.54) is 11.1 Å². The van der Waals surface area contributed by atoms with Gasteiger partial charge in [-0.15, -0.1) is 0 Å². The van der Waals surface area contributed by atoms with Gasteiger partial charge in [-0.3, -0.25) is 4.84 Å². The first-order valence-corrected chi connectivity index (χ1v) is 6.68. The van der Waals surface area contributed by atoms with E-state index in [-0.39, 0.29) is 0 Å². The third kappa shape index (κ3) is 3.95. The Morgan fingerprint density at radius 1 is 1.06 bits per heavy atom. The SMILES string of the molecule is Cc1ccc(CNOCc2ccccc2)cc1Br. The number of halogens is 1. The first kappa shape index (κ1) is 13.3. The van der Waals surface area contributed by atoms with E-state index in [0.29, 0.717) is 13.2 Å². The van der Waals surface area contributed by atoms with Gasteiger partial charge in [-0.05, 0) is 29.7 Å². The average Bonchev–Trinajstić information content (AvgIpc) is 2.40. The van der Waals surface area contributed by atoms with Crippen molar-refractivity contribution in [1.82, 2.24) is 5.48 Å². The minimum Gasteiger partial charge on any atom is -0.297 e. The van der Waals surface area contributed by atoms with Crippen molar-refractivity contribution < 1.29 is 4.84 Å². The standard InChI is InChI=1S/C15H16BrNO/c1-12-7-8-14(9-15(12)16)10-17-18-11-13-5-3-2-4-6-13/h2-9,17H,10-11H2,1H3. The topological polar surface area (TPSA) is 21.3 Å². The van der Waals surface area contributed by atoms with E-state index in [1.807, 2.05) is 30.3 Å². The van der Waals surface area contributed by atoms with Gasteiger partial charge in [0.1, 0.15) is 0 Å². The van der Waals surface area contributed by atoms with Crippen molar-refractivity contribution in [2.75, 3.05) is 0 Å². The maximum atomic E-state index is 5.43. The fourth-order valence-corrected chi connectivity index (χ4v) is 2.02. The molecule has 0 amide bonds. The summed E-state index contributed by atoms with van der Waals surface area (Å²) in [6.07, 6.45) is 0. The quantitative estimate of drug-likeness (QED) is 0.666. The van der Waals surface area contributed by atoms with Gasteiger partial charge in [-0.1, -0.05) is 58.4 Å². The molecule has 0 fully saturated rings. The first-order valence-electron chi connectivity index (χ1n) is 5.89. The molecule has 1 N–H and O–H groups in total. The number of aryl methyl sites for hydroxylation is 1. The molecule has 0 aliphatic heterocycles. The maximum Gasteiger partial charge on any atom is 0.0933 e. The van der Waals surface area contributed by atoms with Crippen LogP contribution >= 0.6 is 15.9 Å². The van der Waals surface area contributed by atoms with Crippen molar-refractivity contribution in [3.05, 3.63) is 69.7 Å². The van der Waals surface area contributed by atoms with Crippen molar-refractivity contribution >= 4 is 15.9 Å². The van der Waals surface area contributed by atoms with Crippen LogP contribution < -0.4 is 5.48 Å². The lowest BCUT2D eigenvalue weighted by atomic mass is 10.1. The molecule has 0 radical (unpaired) electrons. The van der Waals surface area contributed by atoms with Gasteiger partial charge >= 0.3 is 0 Å². The Bertz CT molecular complexity index is 499. The Kier molecular flexibility index (Phi) is 4.93. The van der Waals surface area contributed by atoms with E-state index in [9.17, 15) is 0 Å². The summed E-state index contributed by atoms with van der Waals surface area (Å²) in [6, 6.07) is 16.4. The van der Waals surface area contributed by atoms with Crippen LogP contribution in [0, 0.1) is 6.92 Å². The minimum atomic E-state index is 0.577. The molecule has 0 atom stereocenters. The maximum absolute atomic E-state index is 5.43. The van der Waals surface area contributed by atoms with Crippen LogP contribution in [0.4, 0.5) is 0 Å². The van der Waals surface area contributed by atoms with Crippen molar-refractivity contribution in [3.8, 4) is 0 Å². The second kappa shape index (κ2) is 6.69. The molecule has 0 aliphatic carbocycles. The summed E-state index contributed by atoms with van der Waals surface area (Å²) in [5, 5.41) is 0. The van der Waals surface area contributed by atoms with Crippen molar-refractivity contribution in [1.29, 1.82) is 0 Å². The van der Waals surface area contributed by atoms with Gasteiger partial charge in [0, 0.05) is 11.0 Å². The smallest absolute Gasteiger partial charge is 0.0933 e. The van der Waals surface area contributed by atoms with E-state index in [0.717, 1.165) is 10.0 Å². The highest BCUT2D eigenvalue weighted by atomic mass is 79.9. The number of hydrogen-bond donors (Lipinski definition) is 1. The molecule has 0 aliphatic rings. The summed E-state index contributed by atoms with van der Waals surface area (Å²) < 4.78 is 1.13. The highest BCUT2D eigenvalue weighted by Crippen LogP contribution is 2.17. The average molecular weight is 306 g/mol. The summed E-state index contributed by atoms with van der Waals surface area (Å²) in [5.74, 6) is 0. The third-order valence-electron chi connectivity index (χ3n) is 2.70. The summed E-state index contributed by atoms with van der Waals surface area (Å²) in [6.45, 7) is 3.35. The molecule has 2 rings (SSSR count). The van der Waals surface area contributed by atoms with Gasteiger partial charge in [-0.25, -0.2) is 0 Å². The molecular weight excluding hydrogens is 290 g/mol. The molecule has 0 spiro atoms. The minimum absolute atomic E-state index is 0.577. The number of rotatable bonds is 5. The Morgan fingerprint density at radius 2 is 1.83 bits per heavy atom. The molecule has 2 nitrogen and oxygen atoms in total. The zero-order valence-electron chi connectivity index (χ0n) is 10.3.